The summed E-state index contributed by atoms with van der Waals surface area (Å²) >= 11 is 1.68. The van der Waals surface area contributed by atoms with Gasteiger partial charge in [0.25, 0.3) is 0 Å². The highest BCUT2D eigenvalue weighted by molar-refractivity contribution is 7.18. The highest BCUT2D eigenvalue weighted by atomic mass is 32.1. The molecule has 1 aromatic heterocycles. The lowest BCUT2D eigenvalue weighted by molar-refractivity contribution is -0.131. The lowest BCUT2D eigenvalue weighted by atomic mass is 10.2. The minimum Gasteiger partial charge on any atom is -0.369 e. The Labute approximate surface area is 123 Å². The molecule has 1 N–H and O–H groups in total. The van der Waals surface area contributed by atoms with Crippen LogP contribution >= 0.6 is 11.3 Å². The third-order valence-electron chi connectivity index (χ3n) is 3.10. The Kier molecular flexibility index (Phi) is 5.09. The zero-order valence-electron chi connectivity index (χ0n) is 12.1. The maximum absolute atomic E-state index is 11.8. The van der Waals surface area contributed by atoms with Crippen LogP contribution in [0.15, 0.2) is 24.3 Å². The van der Waals surface area contributed by atoms with E-state index < -0.39 is 6.10 Å². The van der Waals surface area contributed by atoms with Crippen molar-refractivity contribution in [2.75, 3.05) is 13.2 Å². The molecule has 1 amide bonds. The first-order chi connectivity index (χ1) is 9.61. The fourth-order valence-corrected chi connectivity index (χ4v) is 2.93. The summed E-state index contributed by atoms with van der Waals surface area (Å²) in [5.41, 5.74) is 1.02. The molecule has 4 nitrogen and oxygen atoms in total. The third kappa shape index (κ3) is 3.55. The molecule has 0 saturated carbocycles. The first-order valence-corrected chi connectivity index (χ1v) is 7.68. The van der Waals surface area contributed by atoms with Gasteiger partial charge in [-0.15, -0.1) is 11.3 Å². The van der Waals surface area contributed by atoms with Crippen molar-refractivity contribution in [3.8, 4) is 0 Å². The summed E-state index contributed by atoms with van der Waals surface area (Å²) < 4.78 is 6.45. The summed E-state index contributed by atoms with van der Waals surface area (Å²) in [6, 6.07) is 8.08. The van der Waals surface area contributed by atoms with Gasteiger partial charge < -0.3 is 10.1 Å². The molecule has 0 spiro atoms. The number of benzene rings is 1. The van der Waals surface area contributed by atoms with E-state index in [-0.39, 0.29) is 11.8 Å². The normalized spacial score (nSPS) is 14.2. The monoisotopic (exact) mass is 292 g/mol. The average molecular weight is 292 g/mol. The van der Waals surface area contributed by atoms with Crippen LogP contribution in [0.1, 0.15) is 31.7 Å². The maximum atomic E-state index is 11.8. The molecule has 0 bridgehead atoms. The number of nitrogens with one attached hydrogen (secondary N) is 1. The van der Waals surface area contributed by atoms with Gasteiger partial charge >= 0.3 is 0 Å². The summed E-state index contributed by atoms with van der Waals surface area (Å²) in [4.78, 5) is 16.4. The van der Waals surface area contributed by atoms with Crippen molar-refractivity contribution in [1.29, 1.82) is 0 Å². The Bertz CT molecular complexity index is 549. The van der Waals surface area contributed by atoms with E-state index in [1.165, 1.54) is 4.70 Å². The Hall–Kier alpha value is -1.46. The van der Waals surface area contributed by atoms with Gasteiger partial charge in [-0.1, -0.05) is 19.1 Å². The van der Waals surface area contributed by atoms with Gasteiger partial charge in [0.2, 0.25) is 5.91 Å². The Morgan fingerprint density at radius 1 is 1.40 bits per heavy atom. The Morgan fingerprint density at radius 3 is 2.85 bits per heavy atom. The average Bonchev–Trinajstić information content (AvgIpc) is 2.88. The number of hydrogen-bond acceptors (Lipinski definition) is 4. The standard InChI is InChI=1S/C15H20N2O2S/c1-4-19-11(3)14(18)16-9-10(2)15-17-12-7-5-6-8-13(12)20-15/h5-8,10-11H,4,9H2,1-3H3,(H,16,18). The van der Waals surface area contributed by atoms with E-state index in [9.17, 15) is 4.79 Å². The highest BCUT2D eigenvalue weighted by Crippen LogP contribution is 2.26. The van der Waals surface area contributed by atoms with Crippen LogP contribution in [0.5, 0.6) is 0 Å². The van der Waals surface area contributed by atoms with Crippen LogP contribution in [0.25, 0.3) is 10.2 Å². The molecule has 0 saturated heterocycles. The fourth-order valence-electron chi connectivity index (χ4n) is 1.91. The van der Waals surface area contributed by atoms with Gasteiger partial charge in [-0.2, -0.15) is 0 Å². The van der Waals surface area contributed by atoms with Crippen molar-refractivity contribution in [2.24, 2.45) is 0 Å². The Balaban J connectivity index is 1.94. The zero-order valence-corrected chi connectivity index (χ0v) is 12.9. The fraction of sp³-hybridized carbons (Fsp3) is 0.467. The zero-order chi connectivity index (χ0) is 14.5. The number of fused-ring (bicyclic) bond motifs is 1. The van der Waals surface area contributed by atoms with Crippen molar-refractivity contribution < 1.29 is 9.53 Å². The second-order valence-electron chi connectivity index (χ2n) is 4.76. The summed E-state index contributed by atoms with van der Waals surface area (Å²) in [5.74, 6) is 0.130. The van der Waals surface area contributed by atoms with Gasteiger partial charge in [0.15, 0.2) is 0 Å². The number of thiazole rings is 1. The second-order valence-corrected chi connectivity index (χ2v) is 5.83. The van der Waals surface area contributed by atoms with E-state index in [1.807, 2.05) is 25.1 Å². The van der Waals surface area contributed by atoms with E-state index in [2.05, 4.69) is 23.3 Å². The van der Waals surface area contributed by atoms with E-state index >= 15 is 0 Å². The van der Waals surface area contributed by atoms with Crippen LogP contribution in [0, 0.1) is 0 Å². The SMILES string of the molecule is CCOC(C)C(=O)NCC(C)c1nc2ccccc2s1. The van der Waals surface area contributed by atoms with Crippen LogP contribution < -0.4 is 5.32 Å². The van der Waals surface area contributed by atoms with E-state index in [0.717, 1.165) is 10.5 Å². The molecule has 2 atom stereocenters. The first kappa shape index (κ1) is 14.9. The number of nitrogens with zero attached hydrogens (tertiary/aromatic N) is 1. The van der Waals surface area contributed by atoms with E-state index in [4.69, 9.17) is 4.74 Å². The minimum atomic E-state index is -0.400. The van der Waals surface area contributed by atoms with Gasteiger partial charge in [0.05, 0.1) is 15.2 Å². The minimum absolute atomic E-state index is 0.0696. The van der Waals surface area contributed by atoms with Crippen LogP contribution in [-0.2, 0) is 9.53 Å². The molecule has 2 rings (SSSR count). The summed E-state index contributed by atoms with van der Waals surface area (Å²) in [5, 5.41) is 3.96. The molecule has 5 heteroatoms. The molecular formula is C15H20N2O2S. The molecule has 1 aromatic carbocycles. The van der Waals surface area contributed by atoms with Crippen molar-refractivity contribution in [1.82, 2.24) is 10.3 Å². The number of rotatable bonds is 6. The lowest BCUT2D eigenvalue weighted by Crippen LogP contribution is -2.36. The summed E-state index contributed by atoms with van der Waals surface area (Å²) in [6.07, 6.45) is -0.400. The molecular weight excluding hydrogens is 272 g/mol. The smallest absolute Gasteiger partial charge is 0.248 e. The molecule has 0 aliphatic carbocycles. The molecule has 0 radical (unpaired) electrons. The highest BCUT2D eigenvalue weighted by Gasteiger charge is 2.16. The molecule has 0 aliphatic rings. The number of ether oxygens (including phenoxy) is 1. The summed E-state index contributed by atoms with van der Waals surface area (Å²) in [6.45, 7) is 6.84. The molecule has 1 heterocycles. The number of hydrogen-bond donors (Lipinski definition) is 1. The Morgan fingerprint density at radius 2 is 2.15 bits per heavy atom. The van der Waals surface area contributed by atoms with Crippen molar-refractivity contribution in [2.45, 2.75) is 32.8 Å². The van der Waals surface area contributed by atoms with E-state index in [1.54, 1.807) is 18.3 Å². The van der Waals surface area contributed by atoms with Crippen LogP contribution in [0.2, 0.25) is 0 Å². The number of carbonyl (C=O) groups excluding carboxylic acids is 1. The van der Waals surface area contributed by atoms with Gasteiger partial charge in [-0.05, 0) is 26.0 Å². The van der Waals surface area contributed by atoms with Crippen molar-refractivity contribution in [3.63, 3.8) is 0 Å². The molecule has 20 heavy (non-hydrogen) atoms. The van der Waals surface area contributed by atoms with E-state index in [0.29, 0.717) is 13.2 Å². The van der Waals surface area contributed by atoms with Crippen LogP contribution in [0.4, 0.5) is 0 Å². The molecule has 2 aromatic rings. The second kappa shape index (κ2) is 6.81. The first-order valence-electron chi connectivity index (χ1n) is 6.86. The molecule has 0 aliphatic heterocycles. The number of para-hydroxylation sites is 1. The number of amides is 1. The third-order valence-corrected chi connectivity index (χ3v) is 4.37. The topological polar surface area (TPSA) is 51.2 Å². The van der Waals surface area contributed by atoms with Gasteiger partial charge in [-0.3, -0.25) is 4.79 Å². The largest absolute Gasteiger partial charge is 0.369 e. The van der Waals surface area contributed by atoms with Gasteiger partial charge in [0.1, 0.15) is 6.10 Å². The predicted octanol–water partition coefficient (Wildman–Crippen LogP) is 2.94. The maximum Gasteiger partial charge on any atom is 0.248 e. The van der Waals surface area contributed by atoms with Gasteiger partial charge in [-0.25, -0.2) is 4.98 Å². The number of carbonyl (C=O) groups is 1. The van der Waals surface area contributed by atoms with Crippen LogP contribution in [0.3, 0.4) is 0 Å². The lowest BCUT2D eigenvalue weighted by Gasteiger charge is -2.14. The quantitative estimate of drug-likeness (QED) is 0.890. The molecule has 2 unspecified atom stereocenters. The molecule has 0 fully saturated rings. The van der Waals surface area contributed by atoms with Gasteiger partial charge in [0, 0.05) is 19.1 Å². The number of aromatic nitrogens is 1. The van der Waals surface area contributed by atoms with Crippen LogP contribution in [-0.4, -0.2) is 30.1 Å². The predicted molar refractivity (Wildman–Crippen MR) is 82.1 cm³/mol. The molecule has 108 valence electrons. The summed E-state index contributed by atoms with van der Waals surface area (Å²) in [7, 11) is 0. The van der Waals surface area contributed by atoms with Crippen molar-refractivity contribution >= 4 is 27.5 Å². The van der Waals surface area contributed by atoms with Crippen molar-refractivity contribution in [3.05, 3.63) is 29.3 Å².